The SMILES string of the molecule is CC.CCCN(CCCC(C)C)C1N=Cc2c(n3c(sc4ccccc43)c(C(=O)NC3CCC(CC)CC3)c2=O)N1. The lowest BCUT2D eigenvalue weighted by molar-refractivity contribution is 0.0922. The van der Waals surface area contributed by atoms with Gasteiger partial charge in [0.1, 0.15) is 16.2 Å². The van der Waals surface area contributed by atoms with Crippen molar-refractivity contribution in [3.8, 4) is 0 Å². The number of benzene rings is 1. The molecule has 1 aliphatic carbocycles. The molecular weight excluding hydrogens is 530 g/mol. The van der Waals surface area contributed by atoms with Crippen LogP contribution in [-0.4, -0.2) is 46.8 Å². The predicted molar refractivity (Wildman–Crippen MR) is 175 cm³/mol. The van der Waals surface area contributed by atoms with E-state index in [1.165, 1.54) is 24.2 Å². The van der Waals surface area contributed by atoms with Crippen molar-refractivity contribution in [2.24, 2.45) is 16.8 Å². The van der Waals surface area contributed by atoms with E-state index in [4.69, 9.17) is 4.99 Å². The van der Waals surface area contributed by atoms with Crippen molar-refractivity contribution in [3.63, 3.8) is 0 Å². The van der Waals surface area contributed by atoms with Crippen molar-refractivity contribution in [2.75, 3.05) is 18.4 Å². The van der Waals surface area contributed by atoms with Gasteiger partial charge >= 0.3 is 0 Å². The highest BCUT2D eigenvalue weighted by Crippen LogP contribution is 2.34. The first-order chi connectivity index (χ1) is 19.9. The number of thiazole rings is 1. The van der Waals surface area contributed by atoms with Crippen LogP contribution in [-0.2, 0) is 0 Å². The zero-order chi connectivity index (χ0) is 29.5. The Morgan fingerprint density at radius 2 is 1.88 bits per heavy atom. The molecule has 0 radical (unpaired) electrons. The largest absolute Gasteiger partial charge is 0.349 e. The fourth-order valence-electron chi connectivity index (χ4n) is 6.10. The van der Waals surface area contributed by atoms with Crippen LogP contribution in [0.5, 0.6) is 0 Å². The first-order valence-electron chi connectivity index (χ1n) is 15.9. The summed E-state index contributed by atoms with van der Waals surface area (Å²) in [7, 11) is 0. The normalized spacial score (nSPS) is 20.1. The number of hydrogen-bond acceptors (Lipinski definition) is 6. The molecule has 1 aromatic carbocycles. The summed E-state index contributed by atoms with van der Waals surface area (Å²) in [5.41, 5.74) is 1.45. The van der Waals surface area contributed by atoms with Crippen LogP contribution in [0, 0.1) is 11.8 Å². The molecule has 5 rings (SSSR count). The minimum atomic E-state index is -0.261. The molecule has 0 bridgehead atoms. The molecule has 2 aliphatic rings. The van der Waals surface area contributed by atoms with Gasteiger partial charge in [0.2, 0.25) is 5.43 Å². The van der Waals surface area contributed by atoms with Gasteiger partial charge in [0.25, 0.3) is 5.91 Å². The molecule has 1 amide bonds. The summed E-state index contributed by atoms with van der Waals surface area (Å²) in [5, 5.41) is 6.83. The van der Waals surface area contributed by atoms with Crippen LogP contribution in [0.25, 0.3) is 15.0 Å². The summed E-state index contributed by atoms with van der Waals surface area (Å²) in [5.74, 6) is 1.88. The molecule has 3 aromatic rings. The average Bonchev–Trinajstić information content (AvgIpc) is 3.37. The van der Waals surface area contributed by atoms with E-state index in [0.29, 0.717) is 16.3 Å². The second kappa shape index (κ2) is 14.5. The molecule has 224 valence electrons. The molecule has 3 heterocycles. The number of amides is 1. The number of hydrogen-bond donors (Lipinski definition) is 2. The van der Waals surface area contributed by atoms with Gasteiger partial charge in [-0.05, 0) is 68.9 Å². The monoisotopic (exact) mass is 579 g/mol. The molecule has 0 spiro atoms. The second-order valence-electron chi connectivity index (χ2n) is 11.6. The van der Waals surface area contributed by atoms with Gasteiger partial charge < -0.3 is 10.6 Å². The molecule has 41 heavy (non-hydrogen) atoms. The Kier molecular flexibility index (Phi) is 11.0. The van der Waals surface area contributed by atoms with Crippen LogP contribution < -0.4 is 16.1 Å². The Bertz CT molecular complexity index is 1400. The summed E-state index contributed by atoms with van der Waals surface area (Å²) >= 11 is 1.51. The number of aliphatic imine (C=N–C) groups is 1. The average molecular weight is 580 g/mol. The Labute approximate surface area is 249 Å². The molecule has 8 heteroatoms. The van der Waals surface area contributed by atoms with Gasteiger partial charge in [-0.3, -0.25) is 23.9 Å². The molecule has 1 saturated carbocycles. The van der Waals surface area contributed by atoms with Gasteiger partial charge in [-0.15, -0.1) is 11.3 Å². The topological polar surface area (TPSA) is 78.2 Å². The maximum atomic E-state index is 13.9. The van der Waals surface area contributed by atoms with Crippen molar-refractivity contribution >= 4 is 44.3 Å². The molecule has 7 nitrogen and oxygen atoms in total. The number of anilines is 1. The summed E-state index contributed by atoms with van der Waals surface area (Å²) < 4.78 is 3.13. The predicted octanol–water partition coefficient (Wildman–Crippen LogP) is 7.52. The highest BCUT2D eigenvalue weighted by molar-refractivity contribution is 7.24. The lowest BCUT2D eigenvalue weighted by Crippen LogP contribution is -2.44. The van der Waals surface area contributed by atoms with Crippen molar-refractivity contribution in [3.05, 3.63) is 45.6 Å². The van der Waals surface area contributed by atoms with E-state index >= 15 is 0 Å². The third-order valence-electron chi connectivity index (χ3n) is 8.36. The minimum Gasteiger partial charge on any atom is -0.349 e. The number of carbonyl (C=O) groups is 1. The number of pyridine rings is 1. The van der Waals surface area contributed by atoms with Gasteiger partial charge in [0.05, 0.1) is 15.8 Å². The number of nitrogens with zero attached hydrogens (tertiary/aromatic N) is 3. The Morgan fingerprint density at radius 1 is 1.15 bits per heavy atom. The highest BCUT2D eigenvalue weighted by Gasteiger charge is 2.31. The second-order valence-corrected chi connectivity index (χ2v) is 12.7. The zero-order valence-electron chi connectivity index (χ0n) is 25.8. The molecular formula is C33H49N5O2S. The summed E-state index contributed by atoms with van der Waals surface area (Å²) in [4.78, 5) is 35.5. The van der Waals surface area contributed by atoms with E-state index in [9.17, 15) is 9.59 Å². The summed E-state index contributed by atoms with van der Waals surface area (Å²) in [6.45, 7) is 14.8. The Morgan fingerprint density at radius 3 is 2.56 bits per heavy atom. The van der Waals surface area contributed by atoms with Crippen LogP contribution in [0.1, 0.15) is 109 Å². The fourth-order valence-corrected chi connectivity index (χ4v) is 7.29. The molecule has 1 fully saturated rings. The minimum absolute atomic E-state index is 0.120. The number of fused-ring (bicyclic) bond motifs is 5. The number of aromatic nitrogens is 1. The van der Waals surface area contributed by atoms with Crippen LogP contribution >= 0.6 is 11.3 Å². The maximum absolute atomic E-state index is 13.9. The number of rotatable bonds is 10. The molecule has 1 atom stereocenters. The van der Waals surface area contributed by atoms with E-state index in [2.05, 4.69) is 59.8 Å². The Balaban J connectivity index is 0.00000189. The van der Waals surface area contributed by atoms with Gasteiger partial charge in [-0.1, -0.05) is 60.1 Å². The fraction of sp³-hybridized carbons (Fsp3) is 0.606. The maximum Gasteiger partial charge on any atom is 0.258 e. The third kappa shape index (κ3) is 6.86. The summed E-state index contributed by atoms with van der Waals surface area (Å²) in [6.07, 6.45) is 10.2. The highest BCUT2D eigenvalue weighted by atomic mass is 32.1. The molecule has 2 aromatic heterocycles. The van der Waals surface area contributed by atoms with Crippen LogP contribution in [0.3, 0.4) is 0 Å². The van der Waals surface area contributed by atoms with Gasteiger partial charge in [-0.25, -0.2) is 0 Å². The van der Waals surface area contributed by atoms with Crippen LogP contribution in [0.15, 0.2) is 34.1 Å². The number of para-hydroxylation sites is 1. The molecule has 2 N–H and O–H groups in total. The number of nitrogens with one attached hydrogen (secondary N) is 2. The first-order valence-corrected chi connectivity index (χ1v) is 16.7. The van der Waals surface area contributed by atoms with E-state index in [0.717, 1.165) is 73.6 Å². The van der Waals surface area contributed by atoms with Crippen molar-refractivity contribution in [2.45, 2.75) is 105 Å². The van der Waals surface area contributed by atoms with E-state index in [-0.39, 0.29) is 29.2 Å². The third-order valence-corrected chi connectivity index (χ3v) is 9.51. The van der Waals surface area contributed by atoms with E-state index in [1.54, 1.807) is 6.21 Å². The molecule has 0 saturated heterocycles. The van der Waals surface area contributed by atoms with Crippen LogP contribution in [0.2, 0.25) is 0 Å². The summed E-state index contributed by atoms with van der Waals surface area (Å²) in [6, 6.07) is 8.25. The number of carbonyl (C=O) groups excluding carboxylic acids is 1. The van der Waals surface area contributed by atoms with Gasteiger partial charge in [0.15, 0.2) is 6.29 Å². The van der Waals surface area contributed by atoms with E-state index in [1.807, 2.05) is 26.0 Å². The van der Waals surface area contributed by atoms with Gasteiger partial charge in [-0.2, -0.15) is 0 Å². The lowest BCUT2D eigenvalue weighted by Gasteiger charge is -2.33. The van der Waals surface area contributed by atoms with Crippen molar-refractivity contribution in [1.29, 1.82) is 0 Å². The van der Waals surface area contributed by atoms with Gasteiger partial charge in [0, 0.05) is 25.3 Å². The first kappa shape index (κ1) is 31.2. The lowest BCUT2D eigenvalue weighted by atomic mass is 9.84. The van der Waals surface area contributed by atoms with Crippen molar-refractivity contribution in [1.82, 2.24) is 14.6 Å². The quantitative estimate of drug-likeness (QED) is 0.260. The zero-order valence-corrected chi connectivity index (χ0v) is 26.7. The Hall–Kier alpha value is -2.71. The smallest absolute Gasteiger partial charge is 0.258 e. The van der Waals surface area contributed by atoms with Crippen molar-refractivity contribution < 1.29 is 4.79 Å². The van der Waals surface area contributed by atoms with Crippen LogP contribution in [0.4, 0.5) is 5.82 Å². The molecule has 1 unspecified atom stereocenters. The standard InChI is InChI=1S/C31H43N5O2S.C2H6/c1-5-17-35(18-9-10-20(3)4)31-32-19-23-27(37)26(29(38)33-22-15-13-21(6-2)14-16-22)30-36(28(23)34-31)24-11-7-8-12-25(24)39-30;1-2/h7-8,11-12,19-22,31,34H,5-6,9-10,13-18H2,1-4H3,(H,33,38);1-2H3. The molecule has 1 aliphatic heterocycles. The van der Waals surface area contributed by atoms with E-state index < -0.39 is 0 Å².